The van der Waals surface area contributed by atoms with E-state index in [0.29, 0.717) is 17.1 Å². The molecule has 1 atom stereocenters. The summed E-state index contributed by atoms with van der Waals surface area (Å²) in [7, 11) is 3.21. The third-order valence-electron chi connectivity index (χ3n) is 2.58. The molecule has 0 radical (unpaired) electrons. The Morgan fingerprint density at radius 2 is 2.24 bits per heavy atom. The van der Waals surface area contributed by atoms with Crippen molar-refractivity contribution in [2.24, 2.45) is 0 Å². The standard InChI is InChI=1S/C11H13ClO4S/c1-7-3-9-4-8(6-17(12,13)14)5-10(15-2)11(9)16-7/h4-5,7H,3,6H2,1-2H3. The van der Waals surface area contributed by atoms with E-state index in [0.717, 1.165) is 12.0 Å². The predicted molar refractivity (Wildman–Crippen MR) is 65.3 cm³/mol. The Morgan fingerprint density at radius 1 is 1.53 bits per heavy atom. The van der Waals surface area contributed by atoms with Gasteiger partial charge in [-0.1, -0.05) is 6.07 Å². The van der Waals surface area contributed by atoms with Gasteiger partial charge >= 0.3 is 0 Å². The monoisotopic (exact) mass is 276 g/mol. The van der Waals surface area contributed by atoms with Crippen LogP contribution in [0.5, 0.6) is 11.5 Å². The zero-order valence-corrected chi connectivity index (χ0v) is 11.1. The summed E-state index contributed by atoms with van der Waals surface area (Å²) in [6, 6.07) is 3.46. The van der Waals surface area contributed by atoms with Crippen LogP contribution in [0.2, 0.25) is 0 Å². The van der Waals surface area contributed by atoms with Crippen molar-refractivity contribution >= 4 is 19.7 Å². The van der Waals surface area contributed by atoms with E-state index < -0.39 is 9.05 Å². The third-order valence-corrected chi connectivity index (χ3v) is 3.58. The normalized spacial score (nSPS) is 18.6. The van der Waals surface area contributed by atoms with Gasteiger partial charge in [0.25, 0.3) is 0 Å². The van der Waals surface area contributed by atoms with Crippen LogP contribution >= 0.6 is 10.7 Å². The van der Waals surface area contributed by atoms with Crippen LogP contribution in [0.1, 0.15) is 18.1 Å². The molecule has 1 unspecified atom stereocenters. The molecule has 0 amide bonds. The fourth-order valence-electron chi connectivity index (χ4n) is 2.00. The molecule has 4 nitrogen and oxygen atoms in total. The van der Waals surface area contributed by atoms with Crippen molar-refractivity contribution in [2.45, 2.75) is 25.2 Å². The summed E-state index contributed by atoms with van der Waals surface area (Å²) in [5.41, 5.74) is 1.58. The number of ether oxygens (including phenoxy) is 2. The molecule has 0 aliphatic carbocycles. The molecule has 0 N–H and O–H groups in total. The molecule has 0 fully saturated rings. The van der Waals surface area contributed by atoms with Gasteiger partial charge in [0.1, 0.15) is 6.10 Å². The smallest absolute Gasteiger partial charge is 0.236 e. The molecular weight excluding hydrogens is 264 g/mol. The number of methoxy groups -OCH3 is 1. The molecule has 0 saturated carbocycles. The second kappa shape index (κ2) is 4.38. The molecule has 0 saturated heterocycles. The van der Waals surface area contributed by atoms with Crippen LogP contribution in [0.3, 0.4) is 0 Å². The van der Waals surface area contributed by atoms with E-state index >= 15 is 0 Å². The molecule has 1 heterocycles. The lowest BCUT2D eigenvalue weighted by Crippen LogP contribution is -2.05. The topological polar surface area (TPSA) is 52.6 Å². The van der Waals surface area contributed by atoms with Crippen molar-refractivity contribution in [1.29, 1.82) is 0 Å². The molecule has 1 aliphatic rings. The van der Waals surface area contributed by atoms with Gasteiger partial charge in [-0.2, -0.15) is 0 Å². The lowest BCUT2D eigenvalue weighted by molar-refractivity contribution is 0.243. The molecule has 1 aliphatic heterocycles. The zero-order valence-electron chi connectivity index (χ0n) is 9.57. The highest BCUT2D eigenvalue weighted by Gasteiger charge is 2.24. The quantitative estimate of drug-likeness (QED) is 0.793. The molecule has 1 aromatic carbocycles. The first-order chi connectivity index (χ1) is 7.89. The van der Waals surface area contributed by atoms with Gasteiger partial charge in [-0.05, 0) is 18.6 Å². The van der Waals surface area contributed by atoms with E-state index in [1.54, 1.807) is 12.1 Å². The van der Waals surface area contributed by atoms with E-state index in [1.807, 2.05) is 6.92 Å². The summed E-state index contributed by atoms with van der Waals surface area (Å²) >= 11 is 0. The maximum atomic E-state index is 11.1. The minimum absolute atomic E-state index is 0.0850. The van der Waals surface area contributed by atoms with Crippen LogP contribution in [-0.2, 0) is 21.2 Å². The maximum Gasteiger partial charge on any atom is 0.236 e. The van der Waals surface area contributed by atoms with Crippen LogP contribution in [0.15, 0.2) is 12.1 Å². The van der Waals surface area contributed by atoms with E-state index in [-0.39, 0.29) is 11.9 Å². The molecule has 2 rings (SSSR count). The number of fused-ring (bicyclic) bond motifs is 1. The van der Waals surface area contributed by atoms with E-state index in [9.17, 15) is 8.42 Å². The van der Waals surface area contributed by atoms with Gasteiger partial charge in [-0.3, -0.25) is 0 Å². The molecule has 1 aromatic rings. The second-order valence-corrected chi connectivity index (χ2v) is 6.88. The van der Waals surface area contributed by atoms with E-state index in [4.69, 9.17) is 20.2 Å². The van der Waals surface area contributed by atoms with Crippen molar-refractivity contribution in [2.75, 3.05) is 7.11 Å². The maximum absolute atomic E-state index is 11.1. The minimum Gasteiger partial charge on any atom is -0.493 e. The Labute approximate surface area is 105 Å². The lowest BCUT2D eigenvalue weighted by atomic mass is 10.1. The fourth-order valence-corrected chi connectivity index (χ4v) is 2.94. The first kappa shape index (κ1) is 12.5. The molecule has 0 aromatic heterocycles. The van der Waals surface area contributed by atoms with Crippen molar-refractivity contribution in [3.05, 3.63) is 23.3 Å². The molecule has 6 heteroatoms. The van der Waals surface area contributed by atoms with Crippen LogP contribution < -0.4 is 9.47 Å². The lowest BCUT2D eigenvalue weighted by Gasteiger charge is -2.09. The first-order valence-corrected chi connectivity index (χ1v) is 7.65. The summed E-state index contributed by atoms with van der Waals surface area (Å²) < 4.78 is 32.9. The van der Waals surface area contributed by atoms with Crippen molar-refractivity contribution in [3.63, 3.8) is 0 Å². The van der Waals surface area contributed by atoms with E-state index in [2.05, 4.69) is 0 Å². The molecule has 0 spiro atoms. The largest absolute Gasteiger partial charge is 0.493 e. The highest BCUT2D eigenvalue weighted by molar-refractivity contribution is 8.13. The van der Waals surface area contributed by atoms with Crippen molar-refractivity contribution in [3.8, 4) is 11.5 Å². The molecule has 94 valence electrons. The van der Waals surface area contributed by atoms with Gasteiger partial charge in [0, 0.05) is 22.7 Å². The van der Waals surface area contributed by atoms with Gasteiger partial charge in [-0.25, -0.2) is 8.42 Å². The fraction of sp³-hybridized carbons (Fsp3) is 0.455. The Bertz CT molecular complexity index is 539. The number of hydrogen-bond acceptors (Lipinski definition) is 4. The van der Waals surface area contributed by atoms with Crippen LogP contribution in [0, 0.1) is 0 Å². The number of benzene rings is 1. The van der Waals surface area contributed by atoms with E-state index in [1.165, 1.54) is 7.11 Å². The van der Waals surface area contributed by atoms with Gasteiger partial charge in [-0.15, -0.1) is 0 Å². The van der Waals surface area contributed by atoms with Crippen LogP contribution in [-0.4, -0.2) is 21.6 Å². The Hall–Kier alpha value is -0.940. The molecule has 17 heavy (non-hydrogen) atoms. The Kier molecular flexibility index (Phi) is 3.23. The van der Waals surface area contributed by atoms with Crippen molar-refractivity contribution < 1.29 is 17.9 Å². The molecular formula is C11H13ClO4S. The van der Waals surface area contributed by atoms with Crippen molar-refractivity contribution in [1.82, 2.24) is 0 Å². The van der Waals surface area contributed by atoms with Gasteiger partial charge in [0.15, 0.2) is 11.5 Å². The van der Waals surface area contributed by atoms with Gasteiger partial charge < -0.3 is 9.47 Å². The number of halogens is 1. The summed E-state index contributed by atoms with van der Waals surface area (Å²) in [5.74, 6) is 1.06. The Morgan fingerprint density at radius 3 is 2.82 bits per heavy atom. The average Bonchev–Trinajstić information content (AvgIpc) is 2.54. The van der Waals surface area contributed by atoms with Crippen LogP contribution in [0.4, 0.5) is 0 Å². The van der Waals surface area contributed by atoms with Crippen LogP contribution in [0.25, 0.3) is 0 Å². The Balaban J connectivity index is 2.42. The summed E-state index contributed by atoms with van der Waals surface area (Å²) in [6.07, 6.45) is 0.837. The summed E-state index contributed by atoms with van der Waals surface area (Å²) in [4.78, 5) is 0. The molecule has 0 bridgehead atoms. The number of hydrogen-bond donors (Lipinski definition) is 0. The third kappa shape index (κ3) is 2.84. The number of rotatable bonds is 3. The first-order valence-electron chi connectivity index (χ1n) is 5.18. The predicted octanol–water partition coefficient (Wildman–Crippen LogP) is 2.09. The van der Waals surface area contributed by atoms with Gasteiger partial charge in [0.2, 0.25) is 9.05 Å². The second-order valence-electron chi connectivity index (χ2n) is 4.10. The highest BCUT2D eigenvalue weighted by Crippen LogP contribution is 2.39. The highest BCUT2D eigenvalue weighted by atomic mass is 35.7. The average molecular weight is 277 g/mol. The van der Waals surface area contributed by atoms with Gasteiger partial charge in [0.05, 0.1) is 12.9 Å². The minimum atomic E-state index is -3.56. The summed E-state index contributed by atoms with van der Waals surface area (Å²) in [6.45, 7) is 1.96. The SMILES string of the molecule is COc1cc(CS(=O)(=O)Cl)cc2c1OC(C)C2. The summed E-state index contributed by atoms with van der Waals surface area (Å²) in [5, 5.41) is 0. The zero-order chi connectivity index (χ0) is 12.6.